The lowest BCUT2D eigenvalue weighted by atomic mass is 10.1. The summed E-state index contributed by atoms with van der Waals surface area (Å²) in [5.74, 6) is 2.82. The van der Waals surface area contributed by atoms with Gasteiger partial charge in [-0.25, -0.2) is 9.97 Å². The minimum absolute atomic E-state index is 0.317. The molecule has 0 radical (unpaired) electrons. The van der Waals surface area contributed by atoms with Crippen LogP contribution in [0.25, 0.3) is 88.5 Å². The number of pyridine rings is 4. The Morgan fingerprint density at radius 1 is 0.400 bits per heavy atom. The fourth-order valence-corrected chi connectivity index (χ4v) is 6.82. The fourth-order valence-electron chi connectivity index (χ4n) is 6.82. The highest BCUT2D eigenvalue weighted by atomic mass is 16.5. The standard InChI is InChI=1S/C40H26N8O2/c1-3-15-29(23(9-1)39-45-35-25-11-5-17-41-31(25)32-26(36(35)46-39)12-6-18-42-32)49-21-22-50-30-16-4-2-10-24(30)40-47-37-27-13-7-19-43-33(27)34-28(38(37)48-40)14-8-20-44-34/h1-20H,21-22H2,(H,45,46)(H,47,48). The van der Waals surface area contributed by atoms with Gasteiger partial charge in [-0.2, -0.15) is 0 Å². The molecule has 6 aromatic heterocycles. The van der Waals surface area contributed by atoms with Crippen molar-refractivity contribution in [2.45, 2.75) is 0 Å². The molecule has 10 rings (SSSR count). The molecule has 50 heavy (non-hydrogen) atoms. The minimum Gasteiger partial charge on any atom is -0.489 e. The normalized spacial score (nSPS) is 11.8. The van der Waals surface area contributed by atoms with Gasteiger partial charge in [-0.3, -0.25) is 19.9 Å². The Kier molecular flexibility index (Phi) is 6.38. The molecule has 0 bridgehead atoms. The number of rotatable bonds is 7. The van der Waals surface area contributed by atoms with Crippen LogP contribution in [0.15, 0.2) is 122 Å². The van der Waals surface area contributed by atoms with Crippen molar-refractivity contribution in [1.29, 1.82) is 0 Å². The fraction of sp³-hybridized carbons (Fsp3) is 0.0500. The lowest BCUT2D eigenvalue weighted by Gasteiger charge is -2.12. The number of aromatic nitrogens is 8. The molecule has 0 unspecified atom stereocenters. The summed E-state index contributed by atoms with van der Waals surface area (Å²) in [7, 11) is 0. The van der Waals surface area contributed by atoms with Crippen LogP contribution in [0.5, 0.6) is 11.5 Å². The molecule has 0 aliphatic rings. The van der Waals surface area contributed by atoms with E-state index in [0.717, 1.165) is 76.8 Å². The molecule has 10 nitrogen and oxygen atoms in total. The van der Waals surface area contributed by atoms with Crippen LogP contribution in [0.3, 0.4) is 0 Å². The third-order valence-corrected chi connectivity index (χ3v) is 9.02. The van der Waals surface area contributed by atoms with Crippen molar-refractivity contribution in [2.24, 2.45) is 0 Å². The number of para-hydroxylation sites is 2. The van der Waals surface area contributed by atoms with Crippen LogP contribution in [-0.2, 0) is 0 Å². The Labute approximate surface area is 283 Å². The Balaban J connectivity index is 0.942. The number of hydrogen-bond donors (Lipinski definition) is 2. The van der Waals surface area contributed by atoms with Gasteiger partial charge in [0.05, 0.1) is 55.3 Å². The largest absolute Gasteiger partial charge is 0.489 e. The molecule has 2 N–H and O–H groups in total. The highest BCUT2D eigenvalue weighted by molar-refractivity contribution is 6.22. The van der Waals surface area contributed by atoms with Crippen LogP contribution in [0, 0.1) is 0 Å². The maximum atomic E-state index is 6.33. The van der Waals surface area contributed by atoms with E-state index in [0.29, 0.717) is 36.4 Å². The van der Waals surface area contributed by atoms with Gasteiger partial charge >= 0.3 is 0 Å². The summed E-state index contributed by atoms with van der Waals surface area (Å²) in [5, 5.41) is 3.83. The number of nitrogens with zero attached hydrogens (tertiary/aromatic N) is 6. The van der Waals surface area contributed by atoms with Gasteiger partial charge in [-0.15, -0.1) is 0 Å². The van der Waals surface area contributed by atoms with Gasteiger partial charge in [-0.1, -0.05) is 24.3 Å². The van der Waals surface area contributed by atoms with Crippen LogP contribution in [0.2, 0.25) is 0 Å². The number of benzene rings is 4. The van der Waals surface area contributed by atoms with Gasteiger partial charge < -0.3 is 19.4 Å². The van der Waals surface area contributed by atoms with E-state index in [9.17, 15) is 0 Å². The predicted molar refractivity (Wildman–Crippen MR) is 195 cm³/mol. The van der Waals surface area contributed by atoms with E-state index in [4.69, 9.17) is 19.4 Å². The topological polar surface area (TPSA) is 127 Å². The summed E-state index contributed by atoms with van der Waals surface area (Å²) < 4.78 is 12.7. The summed E-state index contributed by atoms with van der Waals surface area (Å²) in [6.45, 7) is 0.635. The lowest BCUT2D eigenvalue weighted by molar-refractivity contribution is 0.218. The Hall–Kier alpha value is -6.94. The molecule has 238 valence electrons. The summed E-state index contributed by atoms with van der Waals surface area (Å²) >= 11 is 0. The number of ether oxygens (including phenoxy) is 2. The van der Waals surface area contributed by atoms with Gasteiger partial charge in [-0.05, 0) is 72.8 Å². The van der Waals surface area contributed by atoms with E-state index in [1.807, 2.05) is 97.1 Å². The Morgan fingerprint density at radius 2 is 0.780 bits per heavy atom. The average molecular weight is 651 g/mol. The van der Waals surface area contributed by atoms with Gasteiger partial charge in [0.1, 0.15) is 36.4 Å². The maximum Gasteiger partial charge on any atom is 0.142 e. The molecule has 0 atom stereocenters. The number of imidazole rings is 2. The van der Waals surface area contributed by atoms with E-state index in [1.54, 1.807) is 24.8 Å². The van der Waals surface area contributed by atoms with E-state index in [-0.39, 0.29) is 0 Å². The lowest BCUT2D eigenvalue weighted by Crippen LogP contribution is -2.10. The smallest absolute Gasteiger partial charge is 0.142 e. The Morgan fingerprint density at radius 3 is 1.22 bits per heavy atom. The first-order valence-electron chi connectivity index (χ1n) is 16.3. The molecular weight excluding hydrogens is 624 g/mol. The first kappa shape index (κ1) is 28.1. The monoisotopic (exact) mass is 650 g/mol. The first-order chi connectivity index (χ1) is 24.8. The zero-order valence-electron chi connectivity index (χ0n) is 26.5. The van der Waals surface area contributed by atoms with E-state index >= 15 is 0 Å². The van der Waals surface area contributed by atoms with Crippen LogP contribution in [-0.4, -0.2) is 53.1 Å². The minimum atomic E-state index is 0.317. The van der Waals surface area contributed by atoms with Crippen molar-refractivity contribution in [3.8, 4) is 34.3 Å². The number of fused-ring (bicyclic) bond motifs is 12. The maximum absolute atomic E-state index is 6.33. The molecule has 0 aliphatic carbocycles. The van der Waals surface area contributed by atoms with Crippen molar-refractivity contribution in [3.63, 3.8) is 0 Å². The van der Waals surface area contributed by atoms with Crippen LogP contribution >= 0.6 is 0 Å². The van der Waals surface area contributed by atoms with Gasteiger partial charge in [0.15, 0.2) is 0 Å². The van der Waals surface area contributed by atoms with Crippen molar-refractivity contribution in [2.75, 3.05) is 13.2 Å². The van der Waals surface area contributed by atoms with Crippen LogP contribution < -0.4 is 9.47 Å². The van der Waals surface area contributed by atoms with E-state index in [1.165, 1.54) is 0 Å². The third kappa shape index (κ3) is 4.42. The summed E-state index contributed by atoms with van der Waals surface area (Å²) in [6, 6.07) is 31.6. The summed E-state index contributed by atoms with van der Waals surface area (Å²) in [6.07, 6.45) is 7.15. The third-order valence-electron chi connectivity index (χ3n) is 9.02. The molecule has 0 saturated heterocycles. The molecule has 10 heteroatoms. The van der Waals surface area contributed by atoms with Gasteiger partial charge in [0.25, 0.3) is 0 Å². The second-order valence-electron chi connectivity index (χ2n) is 11.9. The molecular formula is C40H26N8O2. The number of nitrogens with one attached hydrogen (secondary N) is 2. The van der Waals surface area contributed by atoms with Gasteiger partial charge in [0, 0.05) is 46.3 Å². The van der Waals surface area contributed by atoms with Crippen LogP contribution in [0.4, 0.5) is 0 Å². The van der Waals surface area contributed by atoms with Crippen molar-refractivity contribution >= 4 is 65.7 Å². The molecule has 0 aliphatic heterocycles. The summed E-state index contributed by atoms with van der Waals surface area (Å²) in [4.78, 5) is 35.7. The number of hydrogen-bond acceptors (Lipinski definition) is 8. The molecule has 0 saturated carbocycles. The van der Waals surface area contributed by atoms with Crippen molar-refractivity contribution in [3.05, 3.63) is 122 Å². The second-order valence-corrected chi connectivity index (χ2v) is 11.9. The first-order valence-corrected chi connectivity index (χ1v) is 16.3. The number of H-pyrrole nitrogens is 2. The molecule has 4 aromatic carbocycles. The SMILES string of the molecule is c1ccc(-c2nc3c4cccnc4c4ncccc4c3[nH]2)c(OCCOc2ccccc2-c2nc3c4cccnc4c4ncccc4c3[nH]2)c1. The highest BCUT2D eigenvalue weighted by Gasteiger charge is 2.19. The molecule has 0 spiro atoms. The van der Waals surface area contributed by atoms with Crippen LogP contribution in [0.1, 0.15) is 0 Å². The predicted octanol–water partition coefficient (Wildman–Crippen LogP) is 8.42. The summed E-state index contributed by atoms with van der Waals surface area (Å²) in [5.41, 5.74) is 8.55. The average Bonchev–Trinajstić information content (AvgIpc) is 3.84. The molecule has 0 fully saturated rings. The molecule has 10 aromatic rings. The second kappa shape index (κ2) is 11.3. The zero-order chi connectivity index (χ0) is 33.0. The van der Waals surface area contributed by atoms with Crippen molar-refractivity contribution < 1.29 is 9.47 Å². The zero-order valence-corrected chi connectivity index (χ0v) is 26.5. The quantitative estimate of drug-likeness (QED) is 0.130. The van der Waals surface area contributed by atoms with Gasteiger partial charge in [0.2, 0.25) is 0 Å². The molecule has 6 heterocycles. The van der Waals surface area contributed by atoms with Crippen molar-refractivity contribution in [1.82, 2.24) is 39.9 Å². The van der Waals surface area contributed by atoms with E-state index < -0.39 is 0 Å². The van der Waals surface area contributed by atoms with E-state index in [2.05, 4.69) is 29.9 Å². The number of aromatic amines is 2. The molecule has 0 amide bonds. The highest BCUT2D eigenvalue weighted by Crippen LogP contribution is 2.37. The Bertz CT molecular complexity index is 2570.